The fraction of sp³-hybridized carbons (Fsp3) is 0.105. The predicted octanol–water partition coefficient (Wildman–Crippen LogP) is 3.11. The van der Waals surface area contributed by atoms with Gasteiger partial charge in [0.2, 0.25) is 12.7 Å². The van der Waals surface area contributed by atoms with Crippen LogP contribution < -0.4 is 20.1 Å². The zero-order valence-electron chi connectivity index (χ0n) is 14.2. The number of nitrogens with one attached hydrogen (secondary N) is 2. The number of nitrogens with zero attached hydrogens (tertiary/aromatic N) is 2. The molecule has 0 radical (unpaired) electrons. The standard InChI is InChI=1S/C19H16N4O4/c24-18(25)10-20-19-22-14(12-4-2-1-3-5-12)9-17(23-19)21-13-6-7-15-16(8-13)27-11-26-15/h1-9H,10-11H2,(H,24,25)(H2,20,21,22,23). The van der Waals surface area contributed by atoms with Crippen molar-refractivity contribution in [3.63, 3.8) is 0 Å². The fourth-order valence-electron chi connectivity index (χ4n) is 2.62. The molecule has 2 heterocycles. The zero-order chi connectivity index (χ0) is 18.6. The first kappa shape index (κ1) is 16.6. The van der Waals surface area contributed by atoms with Crippen LogP contribution in [0.5, 0.6) is 11.5 Å². The van der Waals surface area contributed by atoms with Gasteiger partial charge in [-0.1, -0.05) is 30.3 Å². The number of carboxylic acids is 1. The van der Waals surface area contributed by atoms with Crippen molar-refractivity contribution in [3.05, 3.63) is 54.6 Å². The lowest BCUT2D eigenvalue weighted by Crippen LogP contribution is -2.15. The van der Waals surface area contributed by atoms with E-state index >= 15 is 0 Å². The Morgan fingerprint density at radius 3 is 2.67 bits per heavy atom. The summed E-state index contributed by atoms with van der Waals surface area (Å²) in [6.07, 6.45) is 0. The molecule has 0 spiro atoms. The number of carboxylic acid groups (broad SMARTS) is 1. The predicted molar refractivity (Wildman–Crippen MR) is 99.4 cm³/mol. The summed E-state index contributed by atoms with van der Waals surface area (Å²) >= 11 is 0. The Hall–Kier alpha value is -3.81. The first-order valence-corrected chi connectivity index (χ1v) is 8.24. The van der Waals surface area contributed by atoms with Crippen molar-refractivity contribution in [1.82, 2.24) is 9.97 Å². The van der Waals surface area contributed by atoms with Crippen molar-refractivity contribution in [2.45, 2.75) is 0 Å². The second-order valence-corrected chi connectivity index (χ2v) is 5.77. The Morgan fingerprint density at radius 2 is 1.85 bits per heavy atom. The molecule has 0 saturated carbocycles. The number of rotatable bonds is 6. The number of benzene rings is 2. The number of hydrogen-bond donors (Lipinski definition) is 3. The molecular formula is C19H16N4O4. The summed E-state index contributed by atoms with van der Waals surface area (Å²) in [5, 5.41) is 14.8. The molecule has 3 aromatic rings. The molecule has 2 aromatic carbocycles. The molecule has 0 bridgehead atoms. The number of anilines is 3. The molecule has 0 aliphatic carbocycles. The number of fused-ring (bicyclic) bond motifs is 1. The summed E-state index contributed by atoms with van der Waals surface area (Å²) in [4.78, 5) is 19.6. The third kappa shape index (κ3) is 3.90. The van der Waals surface area contributed by atoms with Gasteiger partial charge in [-0.05, 0) is 12.1 Å². The molecule has 8 heteroatoms. The average Bonchev–Trinajstić information content (AvgIpc) is 3.15. The molecule has 0 amide bonds. The van der Waals surface area contributed by atoms with E-state index in [1.807, 2.05) is 48.5 Å². The molecule has 0 unspecified atom stereocenters. The van der Waals surface area contributed by atoms with E-state index < -0.39 is 5.97 Å². The van der Waals surface area contributed by atoms with Crippen molar-refractivity contribution in [2.75, 3.05) is 24.0 Å². The van der Waals surface area contributed by atoms with Crippen molar-refractivity contribution in [2.24, 2.45) is 0 Å². The van der Waals surface area contributed by atoms with Crippen LogP contribution in [-0.4, -0.2) is 34.4 Å². The zero-order valence-corrected chi connectivity index (χ0v) is 14.2. The number of hydrogen-bond acceptors (Lipinski definition) is 7. The van der Waals surface area contributed by atoms with E-state index in [2.05, 4.69) is 20.6 Å². The van der Waals surface area contributed by atoms with Gasteiger partial charge in [-0.15, -0.1) is 0 Å². The number of ether oxygens (including phenoxy) is 2. The Labute approximate surface area is 154 Å². The highest BCUT2D eigenvalue weighted by atomic mass is 16.7. The van der Waals surface area contributed by atoms with Gasteiger partial charge in [-0.3, -0.25) is 4.79 Å². The van der Waals surface area contributed by atoms with Gasteiger partial charge in [0.15, 0.2) is 11.5 Å². The Kier molecular flexibility index (Phi) is 4.44. The van der Waals surface area contributed by atoms with Crippen LogP contribution in [0.1, 0.15) is 0 Å². The van der Waals surface area contributed by atoms with E-state index in [1.54, 1.807) is 6.07 Å². The van der Waals surface area contributed by atoms with Gasteiger partial charge in [-0.25, -0.2) is 4.98 Å². The van der Waals surface area contributed by atoms with Crippen LogP contribution in [0.3, 0.4) is 0 Å². The van der Waals surface area contributed by atoms with E-state index in [1.165, 1.54) is 0 Å². The Morgan fingerprint density at radius 1 is 1.04 bits per heavy atom. The summed E-state index contributed by atoms with van der Waals surface area (Å²) in [5.74, 6) is 1.10. The van der Waals surface area contributed by atoms with Crippen LogP contribution in [0.2, 0.25) is 0 Å². The van der Waals surface area contributed by atoms with E-state index in [-0.39, 0.29) is 19.3 Å². The monoisotopic (exact) mass is 364 g/mol. The SMILES string of the molecule is O=C(O)CNc1nc(Nc2ccc3c(c2)OCO3)cc(-c2ccccc2)n1. The topological polar surface area (TPSA) is 106 Å². The van der Waals surface area contributed by atoms with Gasteiger partial charge in [0.1, 0.15) is 12.4 Å². The molecule has 1 aliphatic rings. The Bertz CT molecular complexity index is 979. The minimum absolute atomic E-state index is 0.202. The fourth-order valence-corrected chi connectivity index (χ4v) is 2.62. The highest BCUT2D eigenvalue weighted by Gasteiger charge is 2.14. The minimum Gasteiger partial charge on any atom is -0.480 e. The van der Waals surface area contributed by atoms with Crippen LogP contribution >= 0.6 is 0 Å². The first-order chi connectivity index (χ1) is 13.2. The maximum atomic E-state index is 10.9. The molecule has 3 N–H and O–H groups in total. The highest BCUT2D eigenvalue weighted by molar-refractivity contribution is 5.73. The highest BCUT2D eigenvalue weighted by Crippen LogP contribution is 2.35. The van der Waals surface area contributed by atoms with Crippen molar-refractivity contribution in [1.29, 1.82) is 0 Å². The lowest BCUT2D eigenvalue weighted by molar-refractivity contribution is -0.134. The maximum Gasteiger partial charge on any atom is 0.322 e. The third-order valence-electron chi connectivity index (χ3n) is 3.84. The van der Waals surface area contributed by atoms with Crippen LogP contribution in [-0.2, 0) is 4.79 Å². The van der Waals surface area contributed by atoms with Crippen molar-refractivity contribution < 1.29 is 19.4 Å². The lowest BCUT2D eigenvalue weighted by Gasteiger charge is -2.11. The second-order valence-electron chi connectivity index (χ2n) is 5.77. The van der Waals surface area contributed by atoms with Crippen LogP contribution in [0.25, 0.3) is 11.3 Å². The number of aromatic nitrogens is 2. The molecule has 136 valence electrons. The third-order valence-corrected chi connectivity index (χ3v) is 3.84. The van der Waals surface area contributed by atoms with Crippen LogP contribution in [0.15, 0.2) is 54.6 Å². The normalized spacial score (nSPS) is 11.9. The van der Waals surface area contributed by atoms with Gasteiger partial charge in [0, 0.05) is 23.4 Å². The van der Waals surface area contributed by atoms with Gasteiger partial charge in [0.25, 0.3) is 0 Å². The second kappa shape index (κ2) is 7.20. The molecule has 8 nitrogen and oxygen atoms in total. The molecule has 0 atom stereocenters. The van der Waals surface area contributed by atoms with Gasteiger partial charge in [0.05, 0.1) is 5.69 Å². The summed E-state index contributed by atoms with van der Waals surface area (Å²) < 4.78 is 10.7. The molecule has 0 saturated heterocycles. The largest absolute Gasteiger partial charge is 0.480 e. The summed E-state index contributed by atoms with van der Waals surface area (Å²) in [6, 6.07) is 16.9. The maximum absolute atomic E-state index is 10.9. The van der Waals surface area contributed by atoms with Gasteiger partial charge >= 0.3 is 5.97 Å². The van der Waals surface area contributed by atoms with Crippen molar-refractivity contribution >= 4 is 23.4 Å². The van der Waals surface area contributed by atoms with Gasteiger partial charge in [-0.2, -0.15) is 4.98 Å². The minimum atomic E-state index is -0.992. The van der Waals surface area contributed by atoms with E-state index in [4.69, 9.17) is 14.6 Å². The average molecular weight is 364 g/mol. The van der Waals surface area contributed by atoms with Crippen molar-refractivity contribution in [3.8, 4) is 22.8 Å². The lowest BCUT2D eigenvalue weighted by atomic mass is 10.1. The summed E-state index contributed by atoms with van der Waals surface area (Å²) in [7, 11) is 0. The molecule has 0 fully saturated rings. The number of carbonyl (C=O) groups is 1. The molecule has 4 rings (SSSR count). The van der Waals surface area contributed by atoms with Gasteiger partial charge < -0.3 is 25.2 Å². The molecule has 1 aliphatic heterocycles. The smallest absolute Gasteiger partial charge is 0.322 e. The molecule has 1 aromatic heterocycles. The summed E-state index contributed by atoms with van der Waals surface area (Å²) in [6.45, 7) is -0.0740. The quantitative estimate of drug-likeness (QED) is 0.613. The summed E-state index contributed by atoms with van der Waals surface area (Å²) in [5.41, 5.74) is 2.33. The molecule has 27 heavy (non-hydrogen) atoms. The van der Waals surface area contributed by atoms with E-state index in [0.717, 1.165) is 11.3 Å². The number of aliphatic carboxylic acids is 1. The van der Waals surface area contributed by atoms with Crippen LogP contribution in [0, 0.1) is 0 Å². The first-order valence-electron chi connectivity index (χ1n) is 8.24. The molecular weight excluding hydrogens is 348 g/mol. The Balaban J connectivity index is 1.66. The van der Waals surface area contributed by atoms with E-state index in [0.29, 0.717) is 23.0 Å². The van der Waals surface area contributed by atoms with Crippen LogP contribution in [0.4, 0.5) is 17.5 Å². The van der Waals surface area contributed by atoms with E-state index in [9.17, 15) is 4.79 Å².